The van der Waals surface area contributed by atoms with E-state index in [2.05, 4.69) is 31.2 Å². The van der Waals surface area contributed by atoms with Crippen molar-refractivity contribution in [1.82, 2.24) is 14.7 Å². The Labute approximate surface area is 238 Å². The molecule has 1 aromatic heterocycles. The number of methoxy groups -OCH3 is 1. The normalized spacial score (nSPS) is 17.1. The first-order valence-electron chi connectivity index (χ1n) is 13.6. The number of rotatable bonds is 6. The predicted molar refractivity (Wildman–Crippen MR) is 159 cm³/mol. The van der Waals surface area contributed by atoms with Gasteiger partial charge in [0.2, 0.25) is 11.8 Å². The summed E-state index contributed by atoms with van der Waals surface area (Å²) in [6.07, 6.45) is 2.00. The first-order valence-corrected chi connectivity index (χ1v) is 14.7. The topological polar surface area (TPSA) is 67.7 Å². The van der Waals surface area contributed by atoms with Crippen LogP contribution in [0.4, 0.5) is 5.82 Å². The van der Waals surface area contributed by atoms with Crippen LogP contribution in [0.15, 0.2) is 78.9 Å². The van der Waals surface area contributed by atoms with Crippen LogP contribution in [0.1, 0.15) is 34.8 Å². The molecule has 0 bridgehead atoms. The van der Waals surface area contributed by atoms with Crippen molar-refractivity contribution >= 4 is 29.4 Å². The van der Waals surface area contributed by atoms with Gasteiger partial charge >= 0.3 is 0 Å². The summed E-state index contributed by atoms with van der Waals surface area (Å²) < 4.78 is 7.23. The zero-order valence-corrected chi connectivity index (χ0v) is 23.6. The molecule has 0 unspecified atom stereocenters. The van der Waals surface area contributed by atoms with Crippen LogP contribution in [-0.2, 0) is 9.59 Å². The van der Waals surface area contributed by atoms with Crippen LogP contribution in [0.3, 0.4) is 0 Å². The molecule has 204 valence electrons. The van der Waals surface area contributed by atoms with Crippen LogP contribution in [0.25, 0.3) is 16.9 Å². The highest BCUT2D eigenvalue weighted by molar-refractivity contribution is 8.00. The summed E-state index contributed by atoms with van der Waals surface area (Å²) in [5.41, 5.74) is 5.76. The van der Waals surface area contributed by atoms with Gasteiger partial charge in [-0.05, 0) is 49.6 Å². The number of thioether (sulfide) groups is 1. The number of nitrogens with zero attached hydrogens (tertiary/aromatic N) is 4. The van der Waals surface area contributed by atoms with Crippen LogP contribution in [-0.4, -0.2) is 59.0 Å². The molecule has 1 fully saturated rings. The van der Waals surface area contributed by atoms with Gasteiger partial charge in [-0.2, -0.15) is 5.10 Å². The number of aryl methyl sites for hydroxylation is 1. The van der Waals surface area contributed by atoms with Crippen LogP contribution in [0.5, 0.6) is 5.75 Å². The fourth-order valence-corrected chi connectivity index (χ4v) is 6.72. The first-order chi connectivity index (χ1) is 19.5. The average Bonchev–Trinajstić information content (AvgIpc) is 3.63. The number of benzene rings is 3. The fraction of sp³-hybridized carbons (Fsp3) is 0.281. The Balaban J connectivity index is 1.60. The summed E-state index contributed by atoms with van der Waals surface area (Å²) in [6, 6.07) is 26.2. The molecule has 0 N–H and O–H groups in total. The van der Waals surface area contributed by atoms with E-state index in [1.807, 2.05) is 64.2 Å². The van der Waals surface area contributed by atoms with Gasteiger partial charge in [-0.1, -0.05) is 60.2 Å². The van der Waals surface area contributed by atoms with Crippen LogP contribution < -0.4 is 9.64 Å². The van der Waals surface area contributed by atoms with E-state index in [0.717, 1.165) is 65.3 Å². The second-order valence-electron chi connectivity index (χ2n) is 10.2. The van der Waals surface area contributed by atoms with E-state index >= 15 is 0 Å². The van der Waals surface area contributed by atoms with Gasteiger partial charge < -0.3 is 9.64 Å². The number of ether oxygens (including phenoxy) is 1. The smallest absolute Gasteiger partial charge is 0.242 e. The molecule has 1 atom stereocenters. The quantitative estimate of drug-likeness (QED) is 0.309. The van der Waals surface area contributed by atoms with Crippen molar-refractivity contribution in [2.24, 2.45) is 0 Å². The molecular formula is C32H32N4O3S. The Kier molecular flexibility index (Phi) is 7.34. The number of aromatic nitrogens is 2. The highest BCUT2D eigenvalue weighted by Crippen LogP contribution is 2.48. The van der Waals surface area contributed by atoms with Gasteiger partial charge in [0.05, 0.1) is 29.5 Å². The van der Waals surface area contributed by atoms with Crippen LogP contribution in [0.2, 0.25) is 0 Å². The summed E-state index contributed by atoms with van der Waals surface area (Å²) in [6.45, 7) is 3.54. The molecule has 2 amide bonds. The second kappa shape index (κ2) is 11.2. The van der Waals surface area contributed by atoms with Gasteiger partial charge in [-0.15, -0.1) is 11.8 Å². The third kappa shape index (κ3) is 4.99. The Hall–Kier alpha value is -4.04. The Bertz CT molecular complexity index is 1530. The van der Waals surface area contributed by atoms with E-state index in [1.54, 1.807) is 23.8 Å². The number of carbonyl (C=O) groups excluding carboxylic acids is 2. The minimum Gasteiger partial charge on any atom is -0.497 e. The van der Waals surface area contributed by atoms with E-state index in [4.69, 9.17) is 9.84 Å². The minimum absolute atomic E-state index is 0.0109. The van der Waals surface area contributed by atoms with Crippen molar-refractivity contribution in [2.75, 3.05) is 37.4 Å². The SMILES string of the molecule is COc1ccc(-n2nc(-c3ccccc3)c3c2N(CC(=O)N2CCCC2)C(=O)CS[C@H]3c2cccc(C)c2)cc1. The maximum absolute atomic E-state index is 13.9. The van der Waals surface area contributed by atoms with Gasteiger partial charge in [0.15, 0.2) is 0 Å². The van der Waals surface area contributed by atoms with Crippen molar-refractivity contribution in [3.8, 4) is 22.7 Å². The molecule has 0 saturated carbocycles. The van der Waals surface area contributed by atoms with Crippen molar-refractivity contribution in [2.45, 2.75) is 25.0 Å². The van der Waals surface area contributed by atoms with Crippen LogP contribution in [0, 0.1) is 6.92 Å². The molecule has 3 heterocycles. The Morgan fingerprint density at radius 3 is 2.45 bits per heavy atom. The third-order valence-corrected chi connectivity index (χ3v) is 8.81. The minimum atomic E-state index is -0.145. The molecule has 0 radical (unpaired) electrons. The molecule has 1 saturated heterocycles. The maximum Gasteiger partial charge on any atom is 0.242 e. The van der Waals surface area contributed by atoms with E-state index in [9.17, 15) is 9.59 Å². The lowest BCUT2D eigenvalue weighted by Crippen LogP contribution is -2.43. The highest BCUT2D eigenvalue weighted by atomic mass is 32.2. The summed E-state index contributed by atoms with van der Waals surface area (Å²) in [5.74, 6) is 1.52. The molecule has 8 heteroatoms. The van der Waals surface area contributed by atoms with Gasteiger partial charge in [-0.25, -0.2) is 4.68 Å². The predicted octanol–water partition coefficient (Wildman–Crippen LogP) is 5.65. The van der Waals surface area contributed by atoms with Gasteiger partial charge in [0.25, 0.3) is 0 Å². The lowest BCUT2D eigenvalue weighted by molar-refractivity contribution is -0.130. The van der Waals surface area contributed by atoms with E-state index in [0.29, 0.717) is 5.82 Å². The standard InChI is InChI=1S/C32H32N4O3S/c1-22-9-8-12-24(19-22)31-29-30(23-10-4-3-5-11-23)33-36(25-13-15-26(39-2)16-14-25)32(29)35(28(38)21-40-31)20-27(37)34-17-6-7-18-34/h3-5,8-16,19,31H,6-7,17-18,20-21H2,1-2H3/t31-/m0/s1. The molecule has 0 aliphatic carbocycles. The maximum atomic E-state index is 13.9. The van der Waals surface area contributed by atoms with E-state index in [1.165, 1.54) is 0 Å². The molecular weight excluding hydrogens is 520 g/mol. The number of likely N-dealkylation sites (tertiary alicyclic amines) is 1. The average molecular weight is 553 g/mol. The van der Waals surface area contributed by atoms with Crippen LogP contribution >= 0.6 is 11.8 Å². The van der Waals surface area contributed by atoms with Crippen molar-refractivity contribution in [3.05, 3.63) is 95.6 Å². The Morgan fingerprint density at radius 2 is 1.75 bits per heavy atom. The molecule has 7 nitrogen and oxygen atoms in total. The number of fused-ring (bicyclic) bond motifs is 1. The second-order valence-corrected chi connectivity index (χ2v) is 11.3. The molecule has 3 aromatic carbocycles. The van der Waals surface area contributed by atoms with Gasteiger partial charge in [0, 0.05) is 24.2 Å². The molecule has 0 spiro atoms. The summed E-state index contributed by atoms with van der Waals surface area (Å²) in [7, 11) is 1.64. The summed E-state index contributed by atoms with van der Waals surface area (Å²) in [4.78, 5) is 30.9. The van der Waals surface area contributed by atoms with Crippen molar-refractivity contribution < 1.29 is 14.3 Å². The molecule has 40 heavy (non-hydrogen) atoms. The molecule has 2 aliphatic rings. The van der Waals surface area contributed by atoms with E-state index in [-0.39, 0.29) is 29.4 Å². The fourth-order valence-electron chi connectivity index (χ4n) is 5.53. The largest absolute Gasteiger partial charge is 0.497 e. The monoisotopic (exact) mass is 552 g/mol. The molecule has 6 rings (SSSR count). The number of anilines is 1. The van der Waals surface area contributed by atoms with E-state index < -0.39 is 0 Å². The van der Waals surface area contributed by atoms with Crippen molar-refractivity contribution in [1.29, 1.82) is 0 Å². The zero-order chi connectivity index (χ0) is 27.6. The number of hydrogen-bond acceptors (Lipinski definition) is 5. The van der Waals surface area contributed by atoms with Gasteiger partial charge in [0.1, 0.15) is 18.1 Å². The molecule has 4 aromatic rings. The lowest BCUT2D eigenvalue weighted by Gasteiger charge is -2.25. The Morgan fingerprint density at radius 1 is 1.00 bits per heavy atom. The number of amides is 2. The summed E-state index contributed by atoms with van der Waals surface area (Å²) >= 11 is 1.59. The lowest BCUT2D eigenvalue weighted by atomic mass is 9.98. The van der Waals surface area contributed by atoms with Gasteiger partial charge in [-0.3, -0.25) is 14.5 Å². The first kappa shape index (κ1) is 26.2. The summed E-state index contributed by atoms with van der Waals surface area (Å²) in [5, 5.41) is 5.02. The van der Waals surface area contributed by atoms with Crippen molar-refractivity contribution in [3.63, 3.8) is 0 Å². The molecule has 2 aliphatic heterocycles. The number of hydrogen-bond donors (Lipinski definition) is 0. The third-order valence-electron chi connectivity index (χ3n) is 7.55. The zero-order valence-electron chi connectivity index (χ0n) is 22.7. The number of carbonyl (C=O) groups is 2. The highest BCUT2D eigenvalue weighted by Gasteiger charge is 2.38.